The minimum atomic E-state index is -0.273. The quantitative estimate of drug-likeness (QED) is 0.775. The van der Waals surface area contributed by atoms with Gasteiger partial charge in [-0.3, -0.25) is 4.79 Å². The fourth-order valence-corrected chi connectivity index (χ4v) is 2.54. The van der Waals surface area contributed by atoms with Crippen LogP contribution in [0.3, 0.4) is 0 Å². The Morgan fingerprint density at radius 1 is 1.05 bits per heavy atom. The molecule has 0 aromatic heterocycles. The van der Waals surface area contributed by atoms with Gasteiger partial charge >= 0.3 is 0 Å². The molecule has 1 fully saturated rings. The van der Waals surface area contributed by atoms with Crippen molar-refractivity contribution in [3.63, 3.8) is 0 Å². The zero-order valence-electron chi connectivity index (χ0n) is 12.4. The molecule has 1 aromatic carbocycles. The molecule has 0 bridgehead atoms. The Morgan fingerprint density at radius 3 is 2.16 bits per heavy atom. The summed E-state index contributed by atoms with van der Waals surface area (Å²) in [5.74, 6) is 0.261. The van der Waals surface area contributed by atoms with Crippen LogP contribution in [-0.2, 0) is 4.79 Å². The Hall–Kier alpha value is -1.51. The number of carbonyl (C=O) groups is 1. The summed E-state index contributed by atoms with van der Waals surface area (Å²) in [6.45, 7) is 11.6. The molecule has 1 amide bonds. The third kappa shape index (κ3) is 3.09. The van der Waals surface area contributed by atoms with Crippen molar-refractivity contribution in [1.82, 2.24) is 4.90 Å². The number of rotatable bonds is 1. The summed E-state index contributed by atoms with van der Waals surface area (Å²) in [5, 5.41) is 0. The number of amides is 1. The summed E-state index contributed by atoms with van der Waals surface area (Å²) in [6.07, 6.45) is 0. The highest BCUT2D eigenvalue weighted by Gasteiger charge is 2.29. The van der Waals surface area contributed by atoms with Gasteiger partial charge in [0.1, 0.15) is 0 Å². The topological polar surface area (TPSA) is 23.6 Å². The maximum absolute atomic E-state index is 12.2. The second kappa shape index (κ2) is 5.24. The maximum Gasteiger partial charge on any atom is 0.228 e. The summed E-state index contributed by atoms with van der Waals surface area (Å²) in [7, 11) is 0. The Labute approximate surface area is 116 Å². The molecule has 1 aromatic rings. The van der Waals surface area contributed by atoms with E-state index in [2.05, 4.69) is 36.1 Å². The van der Waals surface area contributed by atoms with Crippen LogP contribution >= 0.6 is 0 Å². The van der Waals surface area contributed by atoms with Crippen LogP contribution < -0.4 is 4.90 Å². The summed E-state index contributed by atoms with van der Waals surface area (Å²) >= 11 is 0. The van der Waals surface area contributed by atoms with E-state index >= 15 is 0 Å². The first-order chi connectivity index (χ1) is 8.89. The molecule has 0 saturated carbocycles. The molecule has 1 saturated heterocycles. The number of hydrogen-bond acceptors (Lipinski definition) is 2. The Bertz CT molecular complexity index is 454. The number of piperazine rings is 1. The third-order valence-corrected chi connectivity index (χ3v) is 3.66. The highest BCUT2D eigenvalue weighted by molar-refractivity contribution is 5.81. The largest absolute Gasteiger partial charge is 0.368 e. The van der Waals surface area contributed by atoms with Gasteiger partial charge in [0.25, 0.3) is 0 Å². The number of nitrogens with zero attached hydrogens (tertiary/aromatic N) is 2. The van der Waals surface area contributed by atoms with Gasteiger partial charge in [-0.15, -0.1) is 0 Å². The zero-order chi connectivity index (χ0) is 14.0. The van der Waals surface area contributed by atoms with Gasteiger partial charge in [-0.2, -0.15) is 0 Å². The summed E-state index contributed by atoms with van der Waals surface area (Å²) < 4.78 is 0. The normalized spacial score (nSPS) is 16.6. The third-order valence-electron chi connectivity index (χ3n) is 3.66. The van der Waals surface area contributed by atoms with Crippen molar-refractivity contribution >= 4 is 11.6 Å². The lowest BCUT2D eigenvalue weighted by Gasteiger charge is -2.39. The van der Waals surface area contributed by atoms with Crippen LogP contribution in [0.5, 0.6) is 0 Å². The zero-order valence-corrected chi connectivity index (χ0v) is 12.4. The molecular weight excluding hydrogens is 236 g/mol. The average Bonchev–Trinajstić information content (AvgIpc) is 2.38. The van der Waals surface area contributed by atoms with Crippen molar-refractivity contribution in [2.75, 3.05) is 31.1 Å². The first-order valence-electron chi connectivity index (χ1n) is 6.99. The fraction of sp³-hybridized carbons (Fsp3) is 0.562. The van der Waals surface area contributed by atoms with Crippen molar-refractivity contribution in [3.05, 3.63) is 29.8 Å². The van der Waals surface area contributed by atoms with Gasteiger partial charge in [-0.1, -0.05) is 39.0 Å². The molecule has 0 radical (unpaired) electrons. The first-order valence-corrected chi connectivity index (χ1v) is 6.99. The number of carbonyl (C=O) groups excluding carboxylic acids is 1. The number of para-hydroxylation sites is 1. The predicted molar refractivity (Wildman–Crippen MR) is 79.4 cm³/mol. The van der Waals surface area contributed by atoms with Gasteiger partial charge in [0.15, 0.2) is 0 Å². The molecule has 19 heavy (non-hydrogen) atoms. The molecule has 3 heteroatoms. The number of hydrogen-bond donors (Lipinski definition) is 0. The minimum Gasteiger partial charge on any atom is -0.368 e. The van der Waals surface area contributed by atoms with Gasteiger partial charge in [0.2, 0.25) is 5.91 Å². The lowest BCUT2D eigenvalue weighted by molar-refractivity contribution is -0.139. The van der Waals surface area contributed by atoms with Gasteiger partial charge in [-0.25, -0.2) is 0 Å². The van der Waals surface area contributed by atoms with Crippen LogP contribution in [-0.4, -0.2) is 37.0 Å². The first kappa shape index (κ1) is 13.9. The van der Waals surface area contributed by atoms with E-state index in [-0.39, 0.29) is 11.3 Å². The molecule has 104 valence electrons. The summed E-state index contributed by atoms with van der Waals surface area (Å²) in [6, 6.07) is 8.45. The van der Waals surface area contributed by atoms with E-state index in [0.717, 1.165) is 26.2 Å². The van der Waals surface area contributed by atoms with E-state index in [9.17, 15) is 4.79 Å². The molecule has 0 N–H and O–H groups in total. The maximum atomic E-state index is 12.2. The van der Waals surface area contributed by atoms with E-state index in [1.807, 2.05) is 25.7 Å². The predicted octanol–water partition coefficient (Wildman–Crippen LogP) is 2.69. The SMILES string of the molecule is Cc1ccccc1N1CCN(C(=O)C(C)(C)C)CC1. The smallest absolute Gasteiger partial charge is 0.228 e. The fourth-order valence-electron chi connectivity index (χ4n) is 2.54. The van der Waals surface area contributed by atoms with Gasteiger partial charge in [0.05, 0.1) is 0 Å². The lowest BCUT2D eigenvalue weighted by atomic mass is 9.94. The number of anilines is 1. The van der Waals surface area contributed by atoms with Crippen molar-refractivity contribution < 1.29 is 4.79 Å². The van der Waals surface area contributed by atoms with Crippen LogP contribution in [0.15, 0.2) is 24.3 Å². The van der Waals surface area contributed by atoms with Crippen LogP contribution in [0, 0.1) is 12.3 Å². The van der Waals surface area contributed by atoms with Crippen LogP contribution in [0.2, 0.25) is 0 Å². The van der Waals surface area contributed by atoms with Crippen molar-refractivity contribution in [3.8, 4) is 0 Å². The molecule has 1 aliphatic rings. The van der Waals surface area contributed by atoms with Crippen molar-refractivity contribution in [1.29, 1.82) is 0 Å². The van der Waals surface area contributed by atoms with Gasteiger partial charge in [-0.05, 0) is 18.6 Å². The van der Waals surface area contributed by atoms with E-state index in [1.165, 1.54) is 11.3 Å². The lowest BCUT2D eigenvalue weighted by Crippen LogP contribution is -2.51. The van der Waals surface area contributed by atoms with E-state index in [4.69, 9.17) is 0 Å². The number of aryl methyl sites for hydroxylation is 1. The van der Waals surface area contributed by atoms with Crippen LogP contribution in [0.1, 0.15) is 26.3 Å². The Kier molecular flexibility index (Phi) is 3.83. The van der Waals surface area contributed by atoms with E-state index < -0.39 is 0 Å². The number of benzene rings is 1. The van der Waals surface area contributed by atoms with Gasteiger partial charge in [0, 0.05) is 37.3 Å². The van der Waals surface area contributed by atoms with Gasteiger partial charge < -0.3 is 9.80 Å². The Balaban J connectivity index is 2.00. The van der Waals surface area contributed by atoms with Crippen LogP contribution in [0.4, 0.5) is 5.69 Å². The highest BCUT2D eigenvalue weighted by Crippen LogP contribution is 2.23. The summed E-state index contributed by atoms with van der Waals surface area (Å²) in [5.41, 5.74) is 2.33. The highest BCUT2D eigenvalue weighted by atomic mass is 16.2. The molecule has 0 spiro atoms. The molecule has 0 atom stereocenters. The molecule has 3 nitrogen and oxygen atoms in total. The van der Waals surface area contributed by atoms with Crippen LogP contribution in [0.25, 0.3) is 0 Å². The molecule has 1 aliphatic heterocycles. The summed E-state index contributed by atoms with van der Waals surface area (Å²) in [4.78, 5) is 16.6. The molecular formula is C16H24N2O. The minimum absolute atomic E-state index is 0.261. The van der Waals surface area contributed by atoms with E-state index in [0.29, 0.717) is 0 Å². The second-order valence-corrected chi connectivity index (χ2v) is 6.32. The average molecular weight is 260 g/mol. The standard InChI is InChI=1S/C16H24N2O/c1-13-7-5-6-8-14(13)17-9-11-18(12-10-17)15(19)16(2,3)4/h5-8H,9-12H2,1-4H3. The Morgan fingerprint density at radius 2 is 1.63 bits per heavy atom. The molecule has 0 aliphatic carbocycles. The molecule has 2 rings (SSSR count). The van der Waals surface area contributed by atoms with Crippen molar-refractivity contribution in [2.24, 2.45) is 5.41 Å². The van der Waals surface area contributed by atoms with E-state index in [1.54, 1.807) is 0 Å². The molecule has 1 heterocycles. The second-order valence-electron chi connectivity index (χ2n) is 6.32. The van der Waals surface area contributed by atoms with Crippen molar-refractivity contribution in [2.45, 2.75) is 27.7 Å². The molecule has 0 unspecified atom stereocenters. The monoisotopic (exact) mass is 260 g/mol.